The molecule has 1 saturated carbocycles. The largest absolute Gasteiger partial charge is 0.507 e. The van der Waals surface area contributed by atoms with Crippen LogP contribution >= 0.6 is 0 Å². The van der Waals surface area contributed by atoms with Crippen LogP contribution in [0.15, 0.2) is 48.5 Å². The molecule has 1 heterocycles. The highest BCUT2D eigenvalue weighted by molar-refractivity contribution is 5.97. The number of carbonyl (C=O) groups is 2. The Morgan fingerprint density at radius 2 is 1.64 bits per heavy atom. The smallest absolute Gasteiger partial charge is 0.254 e. The molecule has 0 bridgehead atoms. The summed E-state index contributed by atoms with van der Waals surface area (Å²) < 4.78 is 0. The summed E-state index contributed by atoms with van der Waals surface area (Å²) in [5, 5.41) is 9.99. The monoisotopic (exact) mass is 378 g/mol. The molecule has 0 spiro atoms. The molecule has 1 N–H and O–H groups in total. The Balaban J connectivity index is 1.42. The number of hydrogen-bond donors (Lipinski definition) is 1. The fourth-order valence-electron chi connectivity index (χ4n) is 4.33. The summed E-state index contributed by atoms with van der Waals surface area (Å²) in [7, 11) is 0. The highest BCUT2D eigenvalue weighted by Crippen LogP contribution is 2.29. The zero-order chi connectivity index (χ0) is 19.5. The quantitative estimate of drug-likeness (QED) is 0.886. The van der Waals surface area contributed by atoms with E-state index in [1.807, 2.05) is 29.2 Å². The van der Waals surface area contributed by atoms with Crippen LogP contribution in [0.5, 0.6) is 5.75 Å². The Morgan fingerprint density at radius 1 is 0.929 bits per heavy atom. The van der Waals surface area contributed by atoms with Crippen molar-refractivity contribution in [2.75, 3.05) is 19.6 Å². The van der Waals surface area contributed by atoms with Gasteiger partial charge < -0.3 is 14.9 Å². The SMILES string of the molecule is O=C(c1ccc(-c2ccccc2O)cc1)N1CCN(C2CCCCC2)C(=O)C1. The molecule has 0 unspecified atom stereocenters. The summed E-state index contributed by atoms with van der Waals surface area (Å²) in [6.45, 7) is 1.38. The molecule has 2 aromatic rings. The number of benzene rings is 2. The van der Waals surface area contributed by atoms with Crippen LogP contribution in [0.2, 0.25) is 0 Å². The lowest BCUT2D eigenvalue weighted by molar-refractivity contribution is -0.138. The average molecular weight is 378 g/mol. The van der Waals surface area contributed by atoms with Crippen molar-refractivity contribution in [3.05, 3.63) is 54.1 Å². The summed E-state index contributed by atoms with van der Waals surface area (Å²) in [6, 6.07) is 14.7. The van der Waals surface area contributed by atoms with Crippen molar-refractivity contribution in [1.82, 2.24) is 9.80 Å². The van der Waals surface area contributed by atoms with E-state index in [4.69, 9.17) is 0 Å². The first kappa shape index (κ1) is 18.5. The van der Waals surface area contributed by atoms with Crippen LogP contribution in [-0.2, 0) is 4.79 Å². The van der Waals surface area contributed by atoms with Gasteiger partial charge in [0, 0.05) is 30.3 Å². The third kappa shape index (κ3) is 3.75. The predicted molar refractivity (Wildman–Crippen MR) is 108 cm³/mol. The molecule has 2 aliphatic rings. The van der Waals surface area contributed by atoms with Gasteiger partial charge in [-0.25, -0.2) is 0 Å². The molecule has 1 saturated heterocycles. The Kier molecular flexibility index (Phi) is 5.33. The van der Waals surface area contributed by atoms with Crippen molar-refractivity contribution in [3.63, 3.8) is 0 Å². The Bertz CT molecular complexity index is 856. The number of amides is 2. The Hall–Kier alpha value is -2.82. The summed E-state index contributed by atoms with van der Waals surface area (Å²) in [4.78, 5) is 29.1. The van der Waals surface area contributed by atoms with Gasteiger partial charge in [-0.3, -0.25) is 9.59 Å². The van der Waals surface area contributed by atoms with Crippen molar-refractivity contribution in [2.45, 2.75) is 38.1 Å². The third-order valence-corrected chi connectivity index (χ3v) is 5.91. The minimum atomic E-state index is -0.111. The molecule has 0 atom stereocenters. The maximum atomic E-state index is 12.8. The zero-order valence-electron chi connectivity index (χ0n) is 16.0. The van der Waals surface area contributed by atoms with Crippen LogP contribution in [0.4, 0.5) is 0 Å². The summed E-state index contributed by atoms with van der Waals surface area (Å²) >= 11 is 0. The second-order valence-electron chi connectivity index (χ2n) is 7.70. The molecular weight excluding hydrogens is 352 g/mol. The second-order valence-corrected chi connectivity index (χ2v) is 7.70. The van der Waals surface area contributed by atoms with E-state index in [0.717, 1.165) is 24.0 Å². The van der Waals surface area contributed by atoms with Gasteiger partial charge in [-0.2, -0.15) is 0 Å². The van der Waals surface area contributed by atoms with E-state index in [-0.39, 0.29) is 24.1 Å². The van der Waals surface area contributed by atoms with Gasteiger partial charge in [-0.05, 0) is 36.6 Å². The minimum absolute atomic E-state index is 0.0670. The highest BCUT2D eigenvalue weighted by atomic mass is 16.3. The summed E-state index contributed by atoms with van der Waals surface area (Å²) in [5.74, 6) is 0.170. The van der Waals surface area contributed by atoms with E-state index < -0.39 is 0 Å². The standard InChI is InChI=1S/C23H26N2O3/c26-21-9-5-4-8-20(21)17-10-12-18(13-11-17)23(28)24-14-15-25(22(27)16-24)19-6-2-1-3-7-19/h4-5,8-13,19,26H,1-3,6-7,14-16H2. The molecule has 1 aliphatic heterocycles. The molecular formula is C23H26N2O3. The molecule has 5 nitrogen and oxygen atoms in total. The fourth-order valence-corrected chi connectivity index (χ4v) is 4.33. The molecule has 2 amide bonds. The number of hydrogen-bond acceptors (Lipinski definition) is 3. The van der Waals surface area contributed by atoms with Crippen molar-refractivity contribution in [1.29, 1.82) is 0 Å². The van der Waals surface area contributed by atoms with E-state index in [0.29, 0.717) is 24.7 Å². The van der Waals surface area contributed by atoms with Crippen LogP contribution in [-0.4, -0.2) is 52.4 Å². The van der Waals surface area contributed by atoms with Gasteiger partial charge in [0.1, 0.15) is 12.3 Å². The van der Waals surface area contributed by atoms with E-state index in [1.54, 1.807) is 29.2 Å². The normalized spacial score (nSPS) is 18.4. The molecule has 146 valence electrons. The molecule has 2 aromatic carbocycles. The molecule has 1 aliphatic carbocycles. The van der Waals surface area contributed by atoms with Gasteiger partial charge in [-0.1, -0.05) is 49.6 Å². The molecule has 4 rings (SSSR count). The van der Waals surface area contributed by atoms with Gasteiger partial charge >= 0.3 is 0 Å². The van der Waals surface area contributed by atoms with Gasteiger partial charge in [0.15, 0.2) is 0 Å². The molecule has 0 radical (unpaired) electrons. The van der Waals surface area contributed by atoms with Gasteiger partial charge in [0.2, 0.25) is 5.91 Å². The number of carbonyl (C=O) groups excluding carboxylic acids is 2. The van der Waals surface area contributed by atoms with Crippen molar-refractivity contribution >= 4 is 11.8 Å². The number of rotatable bonds is 3. The number of piperazine rings is 1. The first-order valence-corrected chi connectivity index (χ1v) is 10.1. The van der Waals surface area contributed by atoms with Crippen LogP contribution in [0.1, 0.15) is 42.5 Å². The maximum absolute atomic E-state index is 12.8. The van der Waals surface area contributed by atoms with E-state index in [1.165, 1.54) is 19.3 Å². The van der Waals surface area contributed by atoms with E-state index in [9.17, 15) is 14.7 Å². The molecule has 5 heteroatoms. The second kappa shape index (κ2) is 8.05. The zero-order valence-corrected chi connectivity index (χ0v) is 16.0. The maximum Gasteiger partial charge on any atom is 0.254 e. The van der Waals surface area contributed by atoms with Gasteiger partial charge in [-0.15, -0.1) is 0 Å². The van der Waals surface area contributed by atoms with Crippen molar-refractivity contribution in [3.8, 4) is 16.9 Å². The Labute approximate surface area is 165 Å². The number of nitrogens with zero attached hydrogens (tertiary/aromatic N) is 2. The first-order valence-electron chi connectivity index (χ1n) is 10.1. The molecule has 0 aromatic heterocycles. The number of phenolic OH excluding ortho intramolecular Hbond substituents is 1. The average Bonchev–Trinajstić information content (AvgIpc) is 2.74. The van der Waals surface area contributed by atoms with Crippen LogP contribution < -0.4 is 0 Å². The number of aromatic hydroxyl groups is 1. The minimum Gasteiger partial charge on any atom is -0.507 e. The summed E-state index contributed by atoms with van der Waals surface area (Å²) in [6.07, 6.45) is 5.83. The van der Waals surface area contributed by atoms with Gasteiger partial charge in [0.05, 0.1) is 0 Å². The number of para-hydroxylation sites is 1. The topological polar surface area (TPSA) is 60.9 Å². The molecule has 28 heavy (non-hydrogen) atoms. The van der Waals surface area contributed by atoms with E-state index >= 15 is 0 Å². The lowest BCUT2D eigenvalue weighted by Crippen LogP contribution is -2.55. The van der Waals surface area contributed by atoms with E-state index in [2.05, 4.69) is 0 Å². The van der Waals surface area contributed by atoms with Crippen molar-refractivity contribution in [2.24, 2.45) is 0 Å². The van der Waals surface area contributed by atoms with Gasteiger partial charge in [0.25, 0.3) is 5.91 Å². The highest BCUT2D eigenvalue weighted by Gasteiger charge is 2.32. The van der Waals surface area contributed by atoms with Crippen LogP contribution in [0.3, 0.4) is 0 Å². The molecule has 2 fully saturated rings. The lowest BCUT2D eigenvalue weighted by atomic mass is 9.93. The first-order chi connectivity index (χ1) is 13.6. The number of phenols is 1. The lowest BCUT2D eigenvalue weighted by Gasteiger charge is -2.40. The summed E-state index contributed by atoms with van der Waals surface area (Å²) in [5.41, 5.74) is 2.16. The van der Waals surface area contributed by atoms with Crippen LogP contribution in [0, 0.1) is 0 Å². The van der Waals surface area contributed by atoms with Crippen molar-refractivity contribution < 1.29 is 14.7 Å². The van der Waals surface area contributed by atoms with Crippen LogP contribution in [0.25, 0.3) is 11.1 Å². The fraction of sp³-hybridized carbons (Fsp3) is 0.391. The predicted octanol–water partition coefficient (Wildman–Crippen LogP) is 3.68. The third-order valence-electron chi connectivity index (χ3n) is 5.91. The Morgan fingerprint density at radius 3 is 2.32 bits per heavy atom.